The molecule has 1 aliphatic carbocycles. The van der Waals surface area contributed by atoms with Gasteiger partial charge in [-0.05, 0) is 59.0 Å². The first kappa shape index (κ1) is 23.7. The molecule has 4 aromatic rings. The minimum absolute atomic E-state index is 0.00627. The lowest BCUT2D eigenvalue weighted by Gasteiger charge is -2.30. The van der Waals surface area contributed by atoms with Crippen molar-refractivity contribution in [2.24, 2.45) is 13.0 Å². The molecule has 0 atom stereocenters. The second-order valence-electron chi connectivity index (χ2n) is 9.41. The van der Waals surface area contributed by atoms with Gasteiger partial charge in [-0.1, -0.05) is 37.5 Å². The Bertz CT molecular complexity index is 1450. The third-order valence-electron chi connectivity index (χ3n) is 7.06. The molecule has 2 heterocycles. The highest BCUT2D eigenvalue weighted by Crippen LogP contribution is 2.31. The minimum Gasteiger partial charge on any atom is -0.466 e. The van der Waals surface area contributed by atoms with Crippen LogP contribution >= 0.6 is 0 Å². The summed E-state index contributed by atoms with van der Waals surface area (Å²) in [5.74, 6) is -0.302. The van der Waals surface area contributed by atoms with Crippen molar-refractivity contribution >= 4 is 45.3 Å². The third-order valence-corrected chi connectivity index (χ3v) is 7.06. The van der Waals surface area contributed by atoms with Crippen LogP contribution in [0.1, 0.15) is 43.2 Å². The van der Waals surface area contributed by atoms with E-state index in [1.807, 2.05) is 35.0 Å². The van der Waals surface area contributed by atoms with E-state index in [0.717, 1.165) is 64.2 Å². The molecule has 0 bridgehead atoms. The predicted molar refractivity (Wildman–Crippen MR) is 141 cm³/mol. The van der Waals surface area contributed by atoms with Gasteiger partial charge < -0.3 is 9.64 Å². The van der Waals surface area contributed by atoms with E-state index in [4.69, 9.17) is 4.74 Å². The predicted octanol–water partition coefficient (Wildman–Crippen LogP) is 5.42. The number of methoxy groups -OCH3 is 1. The van der Waals surface area contributed by atoms with E-state index in [1.165, 1.54) is 19.6 Å². The fraction of sp³-hybridized carbons (Fsp3) is 0.310. The number of esters is 1. The zero-order chi connectivity index (χ0) is 25.1. The topological polar surface area (TPSA) is 77.3 Å². The summed E-state index contributed by atoms with van der Waals surface area (Å²) < 4.78 is 6.58. The van der Waals surface area contributed by atoms with E-state index in [0.29, 0.717) is 6.54 Å². The number of ether oxygens (including phenoxy) is 1. The van der Waals surface area contributed by atoms with E-state index in [2.05, 4.69) is 34.3 Å². The summed E-state index contributed by atoms with van der Waals surface area (Å²) >= 11 is 0. The number of benzene rings is 2. The Kier molecular flexibility index (Phi) is 6.80. The molecule has 0 spiro atoms. The zero-order valence-electron chi connectivity index (χ0n) is 20.7. The number of hydrogen-bond acceptors (Lipinski definition) is 5. The second kappa shape index (κ2) is 10.3. The van der Waals surface area contributed by atoms with Gasteiger partial charge in [0.1, 0.15) is 0 Å². The van der Waals surface area contributed by atoms with Crippen molar-refractivity contribution in [2.45, 2.75) is 38.6 Å². The van der Waals surface area contributed by atoms with Crippen molar-refractivity contribution in [3.8, 4) is 0 Å². The van der Waals surface area contributed by atoms with Gasteiger partial charge in [0, 0.05) is 30.6 Å². The Balaban J connectivity index is 1.55. The number of rotatable bonds is 6. The van der Waals surface area contributed by atoms with Gasteiger partial charge in [-0.3, -0.25) is 14.5 Å². The number of amides is 1. The normalized spacial score (nSPS) is 14.5. The van der Waals surface area contributed by atoms with Crippen LogP contribution in [0.5, 0.6) is 0 Å². The Morgan fingerprint density at radius 3 is 2.72 bits per heavy atom. The zero-order valence-corrected chi connectivity index (χ0v) is 20.7. The molecule has 1 fully saturated rings. The van der Waals surface area contributed by atoms with E-state index in [-0.39, 0.29) is 11.8 Å². The molecule has 7 nitrogen and oxygen atoms in total. The fourth-order valence-electron chi connectivity index (χ4n) is 5.08. The molecule has 2 aromatic heterocycles. The highest BCUT2D eigenvalue weighted by atomic mass is 16.5. The number of aryl methyl sites for hydroxylation is 1. The first-order chi connectivity index (χ1) is 17.5. The van der Waals surface area contributed by atoms with E-state index < -0.39 is 5.97 Å². The van der Waals surface area contributed by atoms with Gasteiger partial charge in [-0.2, -0.15) is 5.10 Å². The van der Waals surface area contributed by atoms with Crippen molar-refractivity contribution < 1.29 is 14.3 Å². The summed E-state index contributed by atoms with van der Waals surface area (Å²) in [6.45, 7) is 0.432. The molecule has 36 heavy (non-hydrogen) atoms. The van der Waals surface area contributed by atoms with Crippen molar-refractivity contribution in [3.05, 3.63) is 72.2 Å². The number of carbonyl (C=O) groups is 2. The lowest BCUT2D eigenvalue weighted by molar-refractivity contribution is -0.134. The van der Waals surface area contributed by atoms with Gasteiger partial charge in [0.15, 0.2) is 0 Å². The van der Waals surface area contributed by atoms with E-state index >= 15 is 0 Å². The first-order valence-corrected chi connectivity index (χ1v) is 12.4. The largest absolute Gasteiger partial charge is 0.466 e. The van der Waals surface area contributed by atoms with Gasteiger partial charge in [0.2, 0.25) is 5.91 Å². The van der Waals surface area contributed by atoms with Gasteiger partial charge in [0.25, 0.3) is 0 Å². The highest BCUT2D eigenvalue weighted by Gasteiger charge is 2.28. The number of aromatic nitrogens is 3. The van der Waals surface area contributed by atoms with Crippen LogP contribution in [0.15, 0.2) is 61.1 Å². The maximum Gasteiger partial charge on any atom is 0.330 e. The van der Waals surface area contributed by atoms with Gasteiger partial charge >= 0.3 is 5.97 Å². The van der Waals surface area contributed by atoms with Crippen LogP contribution in [0.2, 0.25) is 0 Å². The Morgan fingerprint density at radius 1 is 1.08 bits per heavy atom. The summed E-state index contributed by atoms with van der Waals surface area (Å²) in [5, 5.41) is 7.70. The van der Waals surface area contributed by atoms with Crippen LogP contribution in [0.3, 0.4) is 0 Å². The Hall–Kier alpha value is -4.00. The molecule has 7 heteroatoms. The molecule has 2 aromatic carbocycles. The van der Waals surface area contributed by atoms with Crippen molar-refractivity contribution in [3.63, 3.8) is 0 Å². The molecule has 0 aliphatic heterocycles. The van der Waals surface area contributed by atoms with Crippen molar-refractivity contribution in [1.29, 1.82) is 0 Å². The van der Waals surface area contributed by atoms with Crippen LogP contribution in [-0.4, -0.2) is 33.8 Å². The van der Waals surface area contributed by atoms with Gasteiger partial charge in [-0.15, -0.1) is 0 Å². The number of fused-ring (bicyclic) bond motifs is 2. The number of anilines is 1. The monoisotopic (exact) mass is 482 g/mol. The molecule has 184 valence electrons. The molecule has 0 saturated heterocycles. The van der Waals surface area contributed by atoms with Crippen LogP contribution in [0.25, 0.3) is 27.8 Å². The molecular weight excluding hydrogens is 452 g/mol. The van der Waals surface area contributed by atoms with Crippen LogP contribution in [-0.2, 0) is 27.9 Å². The van der Waals surface area contributed by atoms with Crippen molar-refractivity contribution in [2.75, 3.05) is 12.0 Å². The lowest BCUT2D eigenvalue weighted by Crippen LogP contribution is -2.37. The summed E-state index contributed by atoms with van der Waals surface area (Å²) in [4.78, 5) is 31.7. The van der Waals surface area contributed by atoms with E-state index in [9.17, 15) is 9.59 Å². The quantitative estimate of drug-likeness (QED) is 0.271. The Morgan fingerprint density at radius 2 is 1.92 bits per heavy atom. The van der Waals surface area contributed by atoms with E-state index in [1.54, 1.807) is 18.5 Å². The summed E-state index contributed by atoms with van der Waals surface area (Å²) in [7, 11) is 3.28. The summed E-state index contributed by atoms with van der Waals surface area (Å²) in [5.41, 5.74) is 3.57. The number of nitrogens with zero attached hydrogens (tertiary/aromatic N) is 4. The first-order valence-electron chi connectivity index (χ1n) is 12.4. The molecule has 0 radical (unpaired) electrons. The van der Waals surface area contributed by atoms with Gasteiger partial charge in [0.05, 0.1) is 37.3 Å². The van der Waals surface area contributed by atoms with Crippen molar-refractivity contribution in [1.82, 2.24) is 14.8 Å². The van der Waals surface area contributed by atoms with Crippen LogP contribution in [0.4, 0.5) is 5.69 Å². The Labute approximate surface area is 210 Å². The molecule has 1 aliphatic rings. The summed E-state index contributed by atoms with van der Waals surface area (Å²) in [6, 6.07) is 12.4. The molecule has 1 amide bonds. The fourth-order valence-corrected chi connectivity index (χ4v) is 5.08. The average molecular weight is 483 g/mol. The maximum absolute atomic E-state index is 13.9. The molecule has 5 rings (SSSR count). The smallest absolute Gasteiger partial charge is 0.330 e. The lowest BCUT2D eigenvalue weighted by atomic mass is 9.88. The molecule has 0 N–H and O–H groups in total. The van der Waals surface area contributed by atoms with Gasteiger partial charge in [-0.25, -0.2) is 4.79 Å². The molecular formula is C29H30N4O3. The minimum atomic E-state index is -0.437. The maximum atomic E-state index is 13.9. The number of hydrogen-bond donors (Lipinski definition) is 0. The van der Waals surface area contributed by atoms with Crippen LogP contribution in [0, 0.1) is 5.92 Å². The highest BCUT2D eigenvalue weighted by molar-refractivity contribution is 6.00. The molecule has 1 saturated carbocycles. The standard InChI is InChI=1S/C29H30N4O3/c1-32-27-15-26-22(14-24(27)17-31-32)9-6-10-23(26)19-33(29(35)21-7-4-3-5-8-21)25-13-20(16-30-18-25)11-12-28(34)36-2/h6,9-18,21H,3-5,7-8,19H2,1-2H3. The number of pyridine rings is 1. The number of carbonyl (C=O) groups excluding carboxylic acids is 2. The van der Waals surface area contributed by atoms with Crippen LogP contribution < -0.4 is 4.90 Å². The average Bonchev–Trinajstić information content (AvgIpc) is 3.28. The third kappa shape index (κ3) is 4.87. The second-order valence-corrected chi connectivity index (χ2v) is 9.41. The molecule has 0 unspecified atom stereocenters. The summed E-state index contributed by atoms with van der Waals surface area (Å²) in [6.07, 6.45) is 13.5. The SMILES string of the molecule is COC(=O)C=Cc1cncc(N(Cc2cccc3cc4cnn(C)c4cc23)C(=O)C2CCCCC2)c1.